The second-order valence-corrected chi connectivity index (χ2v) is 12.2. The van der Waals surface area contributed by atoms with Gasteiger partial charge in [-0.3, -0.25) is 4.79 Å². The zero-order valence-electron chi connectivity index (χ0n) is 20.4. The molecule has 0 aromatic heterocycles. The number of unbranched alkanes of at least 4 members (excludes halogenated alkanes) is 2. The standard InChI is InChI=1S/C26H44O7/c1-15-18-9-8-17-16(14-33-22(30)7-5-4-6-10-27)12-25(18,23(17)31)13-21(29)26(32)19(15)11-20(28)24(26,2)3/h15-21,23,27-29,31-32H,4-14H2,1-3H3/t15-,16+,17-,18-,19-,20-,21+,23+,25+,26-/m0/s1. The van der Waals surface area contributed by atoms with Crippen molar-refractivity contribution in [1.82, 2.24) is 0 Å². The van der Waals surface area contributed by atoms with E-state index >= 15 is 0 Å². The van der Waals surface area contributed by atoms with Crippen molar-refractivity contribution in [3.63, 3.8) is 0 Å². The van der Waals surface area contributed by atoms with Crippen molar-refractivity contribution in [3.05, 3.63) is 0 Å². The van der Waals surface area contributed by atoms with E-state index in [-0.39, 0.29) is 48.8 Å². The highest BCUT2D eigenvalue weighted by Gasteiger charge is 2.71. The van der Waals surface area contributed by atoms with Crippen LogP contribution in [0.1, 0.15) is 78.6 Å². The SMILES string of the molecule is C[C@H]1[C@@H]2CC[C@H]3[C@@H](COC(=O)CCCCCO)C[C@]2(C[C@@H](O)[C@@]2(O)[C@H]1C[C@H](O)C2(C)C)[C@@H]3O. The molecule has 0 radical (unpaired) electrons. The van der Waals surface area contributed by atoms with Gasteiger partial charge in [0.05, 0.1) is 24.9 Å². The Morgan fingerprint density at radius 1 is 1.00 bits per heavy atom. The Kier molecular flexibility index (Phi) is 6.96. The smallest absolute Gasteiger partial charge is 0.305 e. The minimum absolute atomic E-state index is 0.0361. The van der Waals surface area contributed by atoms with Crippen LogP contribution in [0.2, 0.25) is 0 Å². The molecule has 4 rings (SSSR count). The van der Waals surface area contributed by atoms with Crippen LogP contribution in [-0.4, -0.2) is 68.6 Å². The summed E-state index contributed by atoms with van der Waals surface area (Å²) in [6.45, 7) is 6.24. The topological polar surface area (TPSA) is 127 Å². The van der Waals surface area contributed by atoms with E-state index in [1.807, 2.05) is 13.8 Å². The number of carbonyl (C=O) groups excluding carboxylic acids is 1. The molecule has 190 valence electrons. The first-order chi connectivity index (χ1) is 15.5. The molecule has 0 amide bonds. The van der Waals surface area contributed by atoms with Gasteiger partial charge in [0.2, 0.25) is 0 Å². The Labute approximate surface area is 197 Å². The highest BCUT2D eigenvalue weighted by molar-refractivity contribution is 5.69. The number of esters is 1. The van der Waals surface area contributed by atoms with Gasteiger partial charge in [-0.05, 0) is 74.5 Å². The second-order valence-electron chi connectivity index (χ2n) is 12.2. The number of carbonyl (C=O) groups is 1. The number of hydrogen-bond donors (Lipinski definition) is 5. The molecule has 7 nitrogen and oxygen atoms in total. The van der Waals surface area contributed by atoms with Crippen LogP contribution in [0.25, 0.3) is 0 Å². The predicted octanol–water partition coefficient (Wildman–Crippen LogP) is 2.01. The number of hydrogen-bond acceptors (Lipinski definition) is 7. The second kappa shape index (κ2) is 9.05. The molecule has 0 aliphatic heterocycles. The molecule has 4 fully saturated rings. The Hall–Kier alpha value is -0.730. The summed E-state index contributed by atoms with van der Waals surface area (Å²) in [4.78, 5) is 12.2. The van der Waals surface area contributed by atoms with Gasteiger partial charge in [-0.25, -0.2) is 0 Å². The first kappa shape index (κ1) is 25.4. The molecule has 10 atom stereocenters. The van der Waals surface area contributed by atoms with Crippen LogP contribution in [0, 0.1) is 40.4 Å². The van der Waals surface area contributed by atoms with Gasteiger partial charge in [0, 0.05) is 23.9 Å². The lowest BCUT2D eigenvalue weighted by Gasteiger charge is -2.47. The van der Waals surface area contributed by atoms with Gasteiger partial charge in [-0.2, -0.15) is 0 Å². The average Bonchev–Trinajstić information content (AvgIpc) is 3.01. The lowest BCUT2D eigenvalue weighted by molar-refractivity contribution is -0.178. The molecule has 4 saturated carbocycles. The number of fused-ring (bicyclic) bond motifs is 2. The summed E-state index contributed by atoms with van der Waals surface area (Å²) in [5.41, 5.74) is -2.73. The van der Waals surface area contributed by atoms with Crippen molar-refractivity contribution in [2.24, 2.45) is 40.4 Å². The van der Waals surface area contributed by atoms with E-state index in [1.54, 1.807) is 0 Å². The van der Waals surface area contributed by atoms with Crippen LogP contribution in [-0.2, 0) is 9.53 Å². The minimum Gasteiger partial charge on any atom is -0.465 e. The molecule has 4 aliphatic carbocycles. The largest absolute Gasteiger partial charge is 0.465 e. The molecule has 0 unspecified atom stereocenters. The Balaban J connectivity index is 1.51. The molecule has 1 spiro atoms. The highest BCUT2D eigenvalue weighted by atomic mass is 16.5. The maximum atomic E-state index is 12.2. The monoisotopic (exact) mass is 468 g/mol. The number of aliphatic hydroxyl groups excluding tert-OH is 4. The zero-order chi connectivity index (χ0) is 24.2. The number of aliphatic hydroxyl groups is 5. The quantitative estimate of drug-likeness (QED) is 0.286. The summed E-state index contributed by atoms with van der Waals surface area (Å²) in [7, 11) is 0. The summed E-state index contributed by atoms with van der Waals surface area (Å²) >= 11 is 0. The van der Waals surface area contributed by atoms with Gasteiger partial charge < -0.3 is 30.3 Å². The fourth-order valence-electron chi connectivity index (χ4n) is 8.57. The molecule has 5 N–H and O–H groups in total. The van der Waals surface area contributed by atoms with Gasteiger partial charge >= 0.3 is 5.97 Å². The molecular weight excluding hydrogens is 424 g/mol. The summed E-state index contributed by atoms with van der Waals surface area (Å²) in [6.07, 6.45) is 3.49. The molecule has 0 aromatic rings. The van der Waals surface area contributed by atoms with Crippen molar-refractivity contribution < 1.29 is 35.1 Å². The van der Waals surface area contributed by atoms with Crippen molar-refractivity contribution in [2.45, 2.75) is 102 Å². The van der Waals surface area contributed by atoms with E-state index in [1.165, 1.54) is 0 Å². The van der Waals surface area contributed by atoms with Gasteiger partial charge in [0.25, 0.3) is 0 Å². The average molecular weight is 469 g/mol. The van der Waals surface area contributed by atoms with E-state index in [0.29, 0.717) is 38.5 Å². The molecule has 0 saturated heterocycles. The van der Waals surface area contributed by atoms with E-state index in [0.717, 1.165) is 19.3 Å². The number of ether oxygens (including phenoxy) is 1. The molecule has 0 aromatic carbocycles. The van der Waals surface area contributed by atoms with Gasteiger partial charge in [-0.1, -0.05) is 27.2 Å². The summed E-state index contributed by atoms with van der Waals surface area (Å²) in [5, 5.41) is 54.4. The number of rotatable bonds is 7. The van der Waals surface area contributed by atoms with Crippen LogP contribution in [0.15, 0.2) is 0 Å². The van der Waals surface area contributed by atoms with Gasteiger partial charge in [0.1, 0.15) is 5.60 Å². The van der Waals surface area contributed by atoms with Crippen molar-refractivity contribution in [3.8, 4) is 0 Å². The Bertz CT molecular complexity index is 725. The third kappa shape index (κ3) is 3.77. The minimum atomic E-state index is -1.40. The molecule has 2 bridgehead atoms. The summed E-state index contributed by atoms with van der Waals surface area (Å²) in [6, 6.07) is 0. The van der Waals surface area contributed by atoms with Crippen molar-refractivity contribution in [1.29, 1.82) is 0 Å². The molecule has 4 aliphatic rings. The van der Waals surface area contributed by atoms with Crippen LogP contribution < -0.4 is 0 Å². The molecular formula is C26H44O7. The van der Waals surface area contributed by atoms with Gasteiger partial charge in [0.15, 0.2) is 0 Å². The highest BCUT2D eigenvalue weighted by Crippen LogP contribution is 2.68. The molecule has 7 heteroatoms. The lowest BCUT2D eigenvalue weighted by Crippen LogP contribution is -2.57. The summed E-state index contributed by atoms with van der Waals surface area (Å²) in [5.74, 6) is -0.149. The van der Waals surface area contributed by atoms with Crippen molar-refractivity contribution >= 4 is 5.97 Å². The third-order valence-corrected chi connectivity index (χ3v) is 10.5. The van der Waals surface area contributed by atoms with Crippen LogP contribution >= 0.6 is 0 Å². The molecule has 0 heterocycles. The van der Waals surface area contributed by atoms with Crippen LogP contribution in [0.5, 0.6) is 0 Å². The van der Waals surface area contributed by atoms with E-state index in [4.69, 9.17) is 9.84 Å². The first-order valence-electron chi connectivity index (χ1n) is 13.0. The maximum absolute atomic E-state index is 12.2. The van der Waals surface area contributed by atoms with E-state index in [2.05, 4.69) is 6.92 Å². The van der Waals surface area contributed by atoms with Crippen LogP contribution in [0.4, 0.5) is 0 Å². The van der Waals surface area contributed by atoms with Crippen molar-refractivity contribution in [2.75, 3.05) is 13.2 Å². The van der Waals surface area contributed by atoms with E-state index < -0.39 is 34.7 Å². The third-order valence-electron chi connectivity index (χ3n) is 10.5. The predicted molar refractivity (Wildman–Crippen MR) is 122 cm³/mol. The fraction of sp³-hybridized carbons (Fsp3) is 0.962. The normalized spacial score (nSPS) is 48.1. The van der Waals surface area contributed by atoms with E-state index in [9.17, 15) is 25.2 Å². The maximum Gasteiger partial charge on any atom is 0.305 e. The van der Waals surface area contributed by atoms with Crippen LogP contribution in [0.3, 0.4) is 0 Å². The first-order valence-corrected chi connectivity index (χ1v) is 13.0. The fourth-order valence-corrected chi connectivity index (χ4v) is 8.57. The van der Waals surface area contributed by atoms with Gasteiger partial charge in [-0.15, -0.1) is 0 Å². The Morgan fingerprint density at radius 3 is 2.42 bits per heavy atom. The lowest BCUT2D eigenvalue weighted by atomic mass is 9.59. The Morgan fingerprint density at radius 2 is 1.73 bits per heavy atom. The molecule has 33 heavy (non-hydrogen) atoms. The summed E-state index contributed by atoms with van der Waals surface area (Å²) < 4.78 is 5.61. The zero-order valence-corrected chi connectivity index (χ0v) is 20.4.